The van der Waals surface area contributed by atoms with Crippen LogP contribution in [0.25, 0.3) is 0 Å². The van der Waals surface area contributed by atoms with Crippen molar-refractivity contribution in [1.29, 1.82) is 0 Å². The lowest BCUT2D eigenvalue weighted by Crippen LogP contribution is -2.31. The van der Waals surface area contributed by atoms with Crippen LogP contribution in [0.1, 0.15) is 57.8 Å². The molecule has 0 radical (unpaired) electrons. The van der Waals surface area contributed by atoms with E-state index in [4.69, 9.17) is 4.74 Å². The van der Waals surface area contributed by atoms with Gasteiger partial charge in [0.25, 0.3) is 0 Å². The van der Waals surface area contributed by atoms with Crippen molar-refractivity contribution in [3.8, 4) is 0 Å². The molecular formula is C16H32N2O. The predicted octanol–water partition coefficient (Wildman–Crippen LogP) is 2.80. The highest BCUT2D eigenvalue weighted by Gasteiger charge is 2.15. The maximum atomic E-state index is 5.97. The second-order valence-electron chi connectivity index (χ2n) is 6.37. The molecule has 1 aliphatic carbocycles. The average molecular weight is 268 g/mol. The average Bonchev–Trinajstić information content (AvgIpc) is 2.64. The van der Waals surface area contributed by atoms with E-state index in [1.165, 1.54) is 70.9 Å². The van der Waals surface area contributed by atoms with Gasteiger partial charge >= 0.3 is 0 Å². The Balaban J connectivity index is 1.47. The van der Waals surface area contributed by atoms with Crippen LogP contribution in [0.5, 0.6) is 0 Å². The largest absolute Gasteiger partial charge is 0.378 e. The summed E-state index contributed by atoms with van der Waals surface area (Å²) in [5, 5.41) is 3.71. The number of hydrogen-bond acceptors (Lipinski definition) is 3. The van der Waals surface area contributed by atoms with Crippen LogP contribution in [0.3, 0.4) is 0 Å². The lowest BCUT2D eigenvalue weighted by molar-refractivity contribution is 0.0270. The van der Waals surface area contributed by atoms with Crippen LogP contribution >= 0.6 is 0 Å². The van der Waals surface area contributed by atoms with Crippen molar-refractivity contribution in [2.45, 2.75) is 69.9 Å². The van der Waals surface area contributed by atoms with E-state index in [1.54, 1.807) is 0 Å². The minimum atomic E-state index is 0.570. The summed E-state index contributed by atoms with van der Waals surface area (Å²) in [5.41, 5.74) is 0. The van der Waals surface area contributed by atoms with Gasteiger partial charge in [-0.3, -0.25) is 0 Å². The number of nitrogens with zero attached hydrogens (tertiary/aromatic N) is 1. The zero-order valence-corrected chi connectivity index (χ0v) is 12.7. The first-order chi connectivity index (χ1) is 9.34. The van der Waals surface area contributed by atoms with E-state index in [2.05, 4.69) is 17.3 Å². The van der Waals surface area contributed by atoms with Crippen LogP contribution in [0, 0.1) is 0 Å². The molecule has 0 aromatic heterocycles. The highest BCUT2D eigenvalue weighted by Crippen LogP contribution is 2.20. The molecule has 1 atom stereocenters. The zero-order chi connectivity index (χ0) is 13.3. The molecule has 0 aromatic carbocycles. The molecule has 2 aliphatic rings. The van der Waals surface area contributed by atoms with Gasteiger partial charge in [-0.05, 0) is 65.2 Å². The molecule has 0 aromatic rings. The molecule has 19 heavy (non-hydrogen) atoms. The molecule has 1 heterocycles. The van der Waals surface area contributed by atoms with Crippen molar-refractivity contribution in [3.63, 3.8) is 0 Å². The summed E-state index contributed by atoms with van der Waals surface area (Å²) < 4.78 is 5.97. The first-order valence-electron chi connectivity index (χ1n) is 8.38. The Morgan fingerprint density at radius 3 is 2.68 bits per heavy atom. The molecule has 1 saturated heterocycles. The smallest absolute Gasteiger partial charge is 0.0575 e. The van der Waals surface area contributed by atoms with Crippen molar-refractivity contribution in [2.24, 2.45) is 0 Å². The Morgan fingerprint density at radius 1 is 1.00 bits per heavy atom. The van der Waals surface area contributed by atoms with Crippen LogP contribution in [0.4, 0.5) is 0 Å². The van der Waals surface area contributed by atoms with E-state index in [-0.39, 0.29) is 0 Å². The standard InChI is InChI=1S/C16H32N2O/c1-18-12-5-7-15(10-13-18)17-11-6-14-19-16-8-3-2-4-9-16/h15-17H,2-14H2,1H3. The zero-order valence-electron chi connectivity index (χ0n) is 12.7. The Bertz CT molecular complexity index is 229. The number of hydrogen-bond donors (Lipinski definition) is 1. The first kappa shape index (κ1) is 15.3. The third-order valence-corrected chi connectivity index (χ3v) is 4.61. The molecule has 3 heteroatoms. The third kappa shape index (κ3) is 6.24. The molecule has 1 aliphatic heterocycles. The first-order valence-corrected chi connectivity index (χ1v) is 8.38. The lowest BCUT2D eigenvalue weighted by Gasteiger charge is -2.22. The summed E-state index contributed by atoms with van der Waals surface area (Å²) in [6.45, 7) is 4.59. The van der Waals surface area contributed by atoms with Crippen molar-refractivity contribution in [2.75, 3.05) is 33.3 Å². The second-order valence-corrected chi connectivity index (χ2v) is 6.37. The van der Waals surface area contributed by atoms with Gasteiger partial charge in [-0.2, -0.15) is 0 Å². The van der Waals surface area contributed by atoms with Crippen LogP contribution in [-0.4, -0.2) is 50.3 Å². The summed E-state index contributed by atoms with van der Waals surface area (Å²) >= 11 is 0. The monoisotopic (exact) mass is 268 g/mol. The van der Waals surface area contributed by atoms with E-state index >= 15 is 0 Å². The summed E-state index contributed by atoms with van der Waals surface area (Å²) in [5.74, 6) is 0. The minimum Gasteiger partial charge on any atom is -0.378 e. The third-order valence-electron chi connectivity index (χ3n) is 4.61. The van der Waals surface area contributed by atoms with E-state index in [9.17, 15) is 0 Å². The van der Waals surface area contributed by atoms with Gasteiger partial charge in [0.05, 0.1) is 6.10 Å². The Morgan fingerprint density at radius 2 is 1.84 bits per heavy atom. The molecule has 1 N–H and O–H groups in total. The van der Waals surface area contributed by atoms with E-state index < -0.39 is 0 Å². The maximum Gasteiger partial charge on any atom is 0.0575 e. The number of rotatable bonds is 6. The fourth-order valence-corrected chi connectivity index (χ4v) is 3.30. The highest BCUT2D eigenvalue weighted by atomic mass is 16.5. The number of nitrogens with one attached hydrogen (secondary N) is 1. The Hall–Kier alpha value is -0.120. The summed E-state index contributed by atoms with van der Waals surface area (Å²) in [7, 11) is 2.24. The number of likely N-dealkylation sites (tertiary alicyclic amines) is 1. The van der Waals surface area contributed by atoms with Crippen molar-refractivity contribution >= 4 is 0 Å². The molecule has 1 saturated carbocycles. The van der Waals surface area contributed by atoms with Crippen LogP contribution < -0.4 is 5.32 Å². The molecule has 0 amide bonds. The fourth-order valence-electron chi connectivity index (χ4n) is 3.30. The molecule has 2 rings (SSSR count). The summed E-state index contributed by atoms with van der Waals surface area (Å²) in [6.07, 6.45) is 12.5. The molecular weight excluding hydrogens is 236 g/mol. The van der Waals surface area contributed by atoms with Crippen molar-refractivity contribution < 1.29 is 4.74 Å². The van der Waals surface area contributed by atoms with E-state index in [0.717, 1.165) is 19.2 Å². The van der Waals surface area contributed by atoms with E-state index in [0.29, 0.717) is 6.10 Å². The fraction of sp³-hybridized carbons (Fsp3) is 1.00. The molecule has 0 spiro atoms. The molecule has 0 bridgehead atoms. The summed E-state index contributed by atoms with van der Waals surface area (Å²) in [6, 6.07) is 0.736. The molecule has 2 fully saturated rings. The highest BCUT2D eigenvalue weighted by molar-refractivity contribution is 4.73. The number of ether oxygens (including phenoxy) is 1. The topological polar surface area (TPSA) is 24.5 Å². The quantitative estimate of drug-likeness (QED) is 0.750. The molecule has 112 valence electrons. The van der Waals surface area contributed by atoms with Gasteiger partial charge in [0.2, 0.25) is 0 Å². The van der Waals surface area contributed by atoms with Gasteiger partial charge in [0.1, 0.15) is 0 Å². The Kier molecular flexibility index (Phi) is 7.18. The van der Waals surface area contributed by atoms with E-state index in [1.807, 2.05) is 0 Å². The molecule has 1 unspecified atom stereocenters. The van der Waals surface area contributed by atoms with Crippen molar-refractivity contribution in [3.05, 3.63) is 0 Å². The van der Waals surface area contributed by atoms with Crippen LogP contribution in [0.2, 0.25) is 0 Å². The van der Waals surface area contributed by atoms with Gasteiger partial charge in [-0.25, -0.2) is 0 Å². The van der Waals surface area contributed by atoms with Crippen LogP contribution in [-0.2, 0) is 4.74 Å². The van der Waals surface area contributed by atoms with Gasteiger partial charge in [-0.15, -0.1) is 0 Å². The van der Waals surface area contributed by atoms with Gasteiger partial charge in [0.15, 0.2) is 0 Å². The minimum absolute atomic E-state index is 0.570. The van der Waals surface area contributed by atoms with Crippen LogP contribution in [0.15, 0.2) is 0 Å². The SMILES string of the molecule is CN1CCCC(NCCCOC2CCCCC2)CC1. The van der Waals surface area contributed by atoms with Gasteiger partial charge < -0.3 is 15.0 Å². The summed E-state index contributed by atoms with van der Waals surface area (Å²) in [4.78, 5) is 2.45. The van der Waals surface area contributed by atoms with Gasteiger partial charge in [-0.1, -0.05) is 19.3 Å². The molecule has 3 nitrogen and oxygen atoms in total. The lowest BCUT2D eigenvalue weighted by atomic mass is 9.98. The van der Waals surface area contributed by atoms with Gasteiger partial charge in [0, 0.05) is 12.6 Å². The predicted molar refractivity (Wildman–Crippen MR) is 80.6 cm³/mol. The maximum absolute atomic E-state index is 5.97. The Labute approximate surface area is 119 Å². The second kappa shape index (κ2) is 8.93. The van der Waals surface area contributed by atoms with Crippen molar-refractivity contribution in [1.82, 2.24) is 10.2 Å². The normalized spacial score (nSPS) is 27.3.